The Labute approximate surface area is 146 Å². The van der Waals surface area contributed by atoms with E-state index in [9.17, 15) is 19.3 Å². The number of nitrogens with two attached hydrogens (primary N) is 1. The summed E-state index contributed by atoms with van der Waals surface area (Å²) >= 11 is 0. The smallest absolute Gasteiger partial charge is 0.277 e. The van der Waals surface area contributed by atoms with Crippen molar-refractivity contribution in [2.75, 3.05) is 0 Å². The summed E-state index contributed by atoms with van der Waals surface area (Å²) in [6.07, 6.45) is 0.183. The van der Waals surface area contributed by atoms with Crippen molar-refractivity contribution in [3.05, 3.63) is 85.9 Å². The zero-order valence-corrected chi connectivity index (χ0v) is 13.4. The monoisotopic (exact) mass is 355 g/mol. The molecule has 3 rings (SSSR count). The van der Waals surface area contributed by atoms with Crippen molar-refractivity contribution in [2.24, 2.45) is 5.73 Å². The van der Waals surface area contributed by atoms with Crippen molar-refractivity contribution in [3.8, 4) is 11.3 Å². The van der Waals surface area contributed by atoms with E-state index < -0.39 is 16.4 Å². The van der Waals surface area contributed by atoms with Gasteiger partial charge in [0.2, 0.25) is 5.96 Å². The molecule has 0 aliphatic heterocycles. The lowest BCUT2D eigenvalue weighted by Gasteiger charge is -2.03. The number of H-pyrrole nitrogens is 1. The lowest BCUT2D eigenvalue weighted by atomic mass is 10.0. The number of nitro groups is 1. The fourth-order valence-electron chi connectivity index (χ4n) is 2.60. The Hall–Kier alpha value is -3.75. The molecule has 0 amide bonds. The van der Waals surface area contributed by atoms with E-state index in [4.69, 9.17) is 11.1 Å². The minimum absolute atomic E-state index is 0.0813. The van der Waals surface area contributed by atoms with Crippen LogP contribution < -0.4 is 11.3 Å². The van der Waals surface area contributed by atoms with Gasteiger partial charge in [-0.3, -0.25) is 25.4 Å². The summed E-state index contributed by atoms with van der Waals surface area (Å²) in [5.41, 5.74) is 6.78. The van der Waals surface area contributed by atoms with Crippen molar-refractivity contribution < 1.29 is 9.31 Å². The van der Waals surface area contributed by atoms with Crippen LogP contribution in [0.3, 0.4) is 0 Å². The molecule has 4 N–H and O–H groups in total. The fourth-order valence-corrected chi connectivity index (χ4v) is 2.60. The van der Waals surface area contributed by atoms with E-state index in [-0.39, 0.29) is 17.9 Å². The van der Waals surface area contributed by atoms with Gasteiger partial charge in [0, 0.05) is 29.7 Å². The number of aromatic nitrogens is 2. The number of nitrogen functional groups attached to an aromatic ring is 1. The molecule has 8 nitrogen and oxygen atoms in total. The van der Waals surface area contributed by atoms with Gasteiger partial charge in [-0.1, -0.05) is 12.1 Å². The zero-order chi connectivity index (χ0) is 18.8. The quantitative estimate of drug-likeness (QED) is 0.286. The highest BCUT2D eigenvalue weighted by Gasteiger charge is 2.18. The van der Waals surface area contributed by atoms with Crippen LogP contribution in [0.25, 0.3) is 11.3 Å². The molecule has 0 aliphatic rings. The van der Waals surface area contributed by atoms with Crippen LogP contribution in [0.5, 0.6) is 0 Å². The molecule has 0 unspecified atom stereocenters. The normalized spacial score (nSPS) is 10.7. The number of hydrogen-bond donors (Lipinski definition) is 3. The van der Waals surface area contributed by atoms with E-state index in [0.717, 1.165) is 4.68 Å². The van der Waals surface area contributed by atoms with Gasteiger partial charge in [0.1, 0.15) is 5.82 Å². The molecule has 0 bridgehead atoms. The van der Waals surface area contributed by atoms with Gasteiger partial charge in [0.15, 0.2) is 0 Å². The largest absolute Gasteiger partial charge is 0.368 e. The maximum Gasteiger partial charge on any atom is 0.277 e. The molecule has 3 aromatic rings. The molecule has 0 fully saturated rings. The number of rotatable bonds is 4. The predicted molar refractivity (Wildman–Crippen MR) is 93.7 cm³/mol. The lowest BCUT2D eigenvalue weighted by Crippen LogP contribution is -2.31. The van der Waals surface area contributed by atoms with Crippen molar-refractivity contribution in [3.63, 3.8) is 0 Å². The summed E-state index contributed by atoms with van der Waals surface area (Å²) in [4.78, 5) is 22.9. The van der Waals surface area contributed by atoms with Crippen LogP contribution in [0.1, 0.15) is 11.1 Å². The second kappa shape index (κ2) is 6.63. The summed E-state index contributed by atoms with van der Waals surface area (Å²) in [5.74, 6) is -0.872. The number of benzene rings is 2. The Morgan fingerprint density at radius 2 is 1.81 bits per heavy atom. The molecule has 26 heavy (non-hydrogen) atoms. The SMILES string of the molecule is N=C(N)n1[nH]c(-c2ccc([N+](=O)[O-])cc2)c(Cc2ccc(F)cc2)c1=O. The molecule has 0 atom stereocenters. The van der Waals surface area contributed by atoms with Gasteiger partial charge in [-0.15, -0.1) is 0 Å². The molecule has 132 valence electrons. The molecule has 0 saturated heterocycles. The van der Waals surface area contributed by atoms with E-state index in [2.05, 4.69) is 5.10 Å². The second-order valence-corrected chi connectivity index (χ2v) is 5.60. The van der Waals surface area contributed by atoms with Crippen LogP contribution in [0.4, 0.5) is 10.1 Å². The summed E-state index contributed by atoms with van der Waals surface area (Å²) in [6.45, 7) is 0. The average Bonchev–Trinajstić information content (AvgIpc) is 2.94. The molecule has 1 aromatic heterocycles. The van der Waals surface area contributed by atoms with Gasteiger partial charge < -0.3 is 5.73 Å². The van der Waals surface area contributed by atoms with Gasteiger partial charge in [-0.05, 0) is 29.8 Å². The number of nitro benzene ring substituents is 1. The summed E-state index contributed by atoms with van der Waals surface area (Å²) in [5, 5.41) is 21.1. The van der Waals surface area contributed by atoms with Crippen LogP contribution in [0, 0.1) is 21.3 Å². The second-order valence-electron chi connectivity index (χ2n) is 5.60. The summed E-state index contributed by atoms with van der Waals surface area (Å²) < 4.78 is 14.0. The third-order valence-corrected chi connectivity index (χ3v) is 3.89. The number of aromatic amines is 1. The first-order valence-electron chi connectivity index (χ1n) is 7.54. The molecular formula is C17H14FN5O3. The Balaban J connectivity index is 2.10. The minimum atomic E-state index is -0.521. The molecule has 9 heteroatoms. The van der Waals surface area contributed by atoms with Gasteiger partial charge in [-0.25, -0.2) is 4.39 Å². The van der Waals surface area contributed by atoms with Crippen LogP contribution in [0.2, 0.25) is 0 Å². The van der Waals surface area contributed by atoms with Crippen LogP contribution >= 0.6 is 0 Å². The fraction of sp³-hybridized carbons (Fsp3) is 0.0588. The van der Waals surface area contributed by atoms with Gasteiger partial charge in [0.05, 0.1) is 10.6 Å². The van der Waals surface area contributed by atoms with Crippen molar-refractivity contribution >= 4 is 11.6 Å². The highest BCUT2D eigenvalue weighted by Crippen LogP contribution is 2.24. The van der Waals surface area contributed by atoms with E-state index in [0.29, 0.717) is 22.4 Å². The highest BCUT2D eigenvalue weighted by molar-refractivity contribution is 5.78. The van der Waals surface area contributed by atoms with Crippen LogP contribution in [0.15, 0.2) is 53.3 Å². The van der Waals surface area contributed by atoms with E-state index >= 15 is 0 Å². The number of nitrogens with one attached hydrogen (secondary N) is 2. The topological polar surface area (TPSA) is 131 Å². The molecule has 0 saturated carbocycles. The highest BCUT2D eigenvalue weighted by atomic mass is 19.1. The summed E-state index contributed by atoms with van der Waals surface area (Å²) in [6, 6.07) is 11.3. The molecular weight excluding hydrogens is 341 g/mol. The predicted octanol–water partition coefficient (Wildman–Crippen LogP) is 2.22. The maximum absolute atomic E-state index is 13.1. The summed E-state index contributed by atoms with van der Waals surface area (Å²) in [7, 11) is 0. The lowest BCUT2D eigenvalue weighted by molar-refractivity contribution is -0.384. The van der Waals surface area contributed by atoms with Crippen LogP contribution in [-0.2, 0) is 6.42 Å². The third kappa shape index (κ3) is 3.22. The van der Waals surface area contributed by atoms with E-state index in [1.165, 1.54) is 36.4 Å². The number of hydrogen-bond acceptors (Lipinski definition) is 4. The van der Waals surface area contributed by atoms with E-state index in [1.807, 2.05) is 0 Å². The van der Waals surface area contributed by atoms with Gasteiger partial charge >= 0.3 is 0 Å². The Morgan fingerprint density at radius 1 is 1.19 bits per heavy atom. The molecule has 0 spiro atoms. The maximum atomic E-state index is 13.1. The standard InChI is InChI=1S/C17H14FN5O3/c18-12-5-1-10(2-6-12)9-14-15(21-22(16(14)24)17(19)20)11-3-7-13(8-4-11)23(25)26/h1-8,21H,9H2,(H3,19,20). The van der Waals surface area contributed by atoms with Gasteiger partial charge in [0.25, 0.3) is 11.2 Å². The molecule has 2 aromatic carbocycles. The third-order valence-electron chi connectivity index (χ3n) is 3.89. The first-order valence-corrected chi connectivity index (χ1v) is 7.54. The molecule has 0 radical (unpaired) electrons. The van der Waals surface area contributed by atoms with Crippen molar-refractivity contribution in [2.45, 2.75) is 6.42 Å². The zero-order valence-electron chi connectivity index (χ0n) is 13.4. The molecule has 0 aliphatic carbocycles. The number of halogens is 1. The van der Waals surface area contributed by atoms with Crippen molar-refractivity contribution in [1.82, 2.24) is 9.78 Å². The first kappa shape index (κ1) is 17.1. The average molecular weight is 355 g/mol. The van der Waals surface area contributed by atoms with Crippen LogP contribution in [-0.4, -0.2) is 20.7 Å². The Morgan fingerprint density at radius 3 is 2.35 bits per heavy atom. The minimum Gasteiger partial charge on any atom is -0.368 e. The first-order chi connectivity index (χ1) is 12.4. The number of non-ortho nitro benzene ring substituents is 1. The number of nitrogens with zero attached hydrogens (tertiary/aromatic N) is 2. The Kier molecular flexibility index (Phi) is 4.36. The Bertz CT molecular complexity index is 1040. The molecule has 1 heterocycles. The van der Waals surface area contributed by atoms with E-state index in [1.54, 1.807) is 12.1 Å². The van der Waals surface area contributed by atoms with Crippen molar-refractivity contribution in [1.29, 1.82) is 5.41 Å². The van der Waals surface area contributed by atoms with Gasteiger partial charge in [-0.2, -0.15) is 4.68 Å².